The van der Waals surface area contributed by atoms with E-state index in [-0.39, 0.29) is 17.9 Å². The van der Waals surface area contributed by atoms with Crippen LogP contribution in [0.4, 0.5) is 0 Å². The predicted octanol–water partition coefficient (Wildman–Crippen LogP) is 5.63. The van der Waals surface area contributed by atoms with Crippen LogP contribution in [0.5, 0.6) is 0 Å². The molecule has 3 nitrogen and oxygen atoms in total. The normalized spacial score (nSPS) is 11.4. The molecule has 0 unspecified atom stereocenters. The largest absolute Gasteiger partial charge is 0.351 e. The summed E-state index contributed by atoms with van der Waals surface area (Å²) in [6.07, 6.45) is 1.17. The maximum atomic E-state index is 12.6. The smallest absolute Gasteiger partial charge is 0.226 e. The Kier molecular flexibility index (Phi) is 5.76. The highest BCUT2D eigenvalue weighted by molar-refractivity contribution is 7.18. The summed E-state index contributed by atoms with van der Waals surface area (Å²) in [6, 6.07) is 18.5. The molecule has 0 bridgehead atoms. The molecule has 0 spiro atoms. The number of rotatable bonds is 6. The molecule has 3 rings (SSSR count). The van der Waals surface area contributed by atoms with Gasteiger partial charge in [-0.05, 0) is 32.8 Å². The van der Waals surface area contributed by atoms with Crippen LogP contribution in [0.15, 0.2) is 54.6 Å². The van der Waals surface area contributed by atoms with Crippen LogP contribution in [0.2, 0.25) is 0 Å². The second kappa shape index (κ2) is 8.05. The maximum Gasteiger partial charge on any atom is 0.226 e. The molecule has 0 saturated carbocycles. The lowest BCUT2D eigenvalue weighted by molar-refractivity contribution is -0.122. The van der Waals surface area contributed by atoms with Gasteiger partial charge in [-0.3, -0.25) is 4.79 Å². The molecule has 27 heavy (non-hydrogen) atoms. The van der Waals surface area contributed by atoms with E-state index in [4.69, 9.17) is 4.98 Å². The van der Waals surface area contributed by atoms with Crippen molar-refractivity contribution in [3.8, 4) is 21.0 Å². The number of hydrogen-bond acceptors (Lipinski definition) is 3. The molecule has 2 aromatic carbocycles. The summed E-state index contributed by atoms with van der Waals surface area (Å²) >= 11 is 1.65. The molecule has 3 aromatic rings. The summed E-state index contributed by atoms with van der Waals surface area (Å²) in [5.41, 5.74) is 4.04. The molecule has 4 heteroatoms. The van der Waals surface area contributed by atoms with Crippen LogP contribution in [-0.4, -0.2) is 16.4 Å². The van der Waals surface area contributed by atoms with E-state index in [0.29, 0.717) is 0 Å². The van der Waals surface area contributed by atoms with Gasteiger partial charge in [0.05, 0.1) is 17.0 Å². The van der Waals surface area contributed by atoms with Gasteiger partial charge in [0.15, 0.2) is 0 Å². The summed E-state index contributed by atoms with van der Waals surface area (Å²) < 4.78 is 0. The van der Waals surface area contributed by atoms with Crippen LogP contribution in [0, 0.1) is 6.92 Å². The van der Waals surface area contributed by atoms with E-state index in [9.17, 15) is 4.79 Å². The topological polar surface area (TPSA) is 42.0 Å². The van der Waals surface area contributed by atoms with Crippen LogP contribution in [0.1, 0.15) is 38.4 Å². The highest BCUT2D eigenvalue weighted by atomic mass is 32.1. The third-order valence-electron chi connectivity index (χ3n) is 4.72. The number of aromatic nitrogens is 1. The fourth-order valence-electron chi connectivity index (χ4n) is 2.77. The van der Waals surface area contributed by atoms with Crippen molar-refractivity contribution >= 4 is 17.2 Å². The number of benzene rings is 2. The number of nitrogens with zero attached hydrogens (tertiary/aromatic N) is 1. The zero-order valence-corrected chi connectivity index (χ0v) is 17.2. The van der Waals surface area contributed by atoms with Gasteiger partial charge in [0.25, 0.3) is 0 Å². The van der Waals surface area contributed by atoms with Gasteiger partial charge in [0.1, 0.15) is 5.01 Å². The minimum Gasteiger partial charge on any atom is -0.351 e. The average Bonchev–Trinajstić information content (AvgIpc) is 3.06. The Morgan fingerprint density at radius 3 is 2.33 bits per heavy atom. The van der Waals surface area contributed by atoms with Crippen LogP contribution in [-0.2, 0) is 11.2 Å². The molecule has 0 fully saturated rings. The van der Waals surface area contributed by atoms with Gasteiger partial charge in [0, 0.05) is 11.1 Å². The van der Waals surface area contributed by atoms with E-state index in [0.717, 1.165) is 33.1 Å². The Morgan fingerprint density at radius 1 is 1.04 bits per heavy atom. The Morgan fingerprint density at radius 2 is 1.70 bits per heavy atom. The quantitative estimate of drug-likeness (QED) is 0.604. The number of carbonyl (C=O) groups is 1. The average molecular weight is 379 g/mol. The van der Waals surface area contributed by atoms with Gasteiger partial charge in [-0.2, -0.15) is 0 Å². The highest BCUT2D eigenvalue weighted by Crippen LogP contribution is 2.36. The molecule has 140 valence electrons. The lowest BCUT2D eigenvalue weighted by atomic mass is 10.0. The van der Waals surface area contributed by atoms with Gasteiger partial charge in [-0.1, -0.05) is 67.1 Å². The molecule has 0 aliphatic heterocycles. The molecule has 1 amide bonds. The van der Waals surface area contributed by atoms with Crippen LogP contribution < -0.4 is 5.32 Å². The Hall–Kier alpha value is -2.46. The fourth-order valence-corrected chi connectivity index (χ4v) is 3.86. The highest BCUT2D eigenvalue weighted by Gasteiger charge is 2.21. The predicted molar refractivity (Wildman–Crippen MR) is 114 cm³/mol. The second-order valence-corrected chi connectivity index (χ2v) is 8.49. The lowest BCUT2D eigenvalue weighted by Crippen LogP contribution is -2.43. The van der Waals surface area contributed by atoms with E-state index in [1.165, 1.54) is 5.56 Å². The van der Waals surface area contributed by atoms with E-state index in [2.05, 4.69) is 55.6 Å². The van der Waals surface area contributed by atoms with Crippen molar-refractivity contribution in [1.82, 2.24) is 10.3 Å². The molecule has 0 saturated heterocycles. The molecule has 1 aromatic heterocycles. The van der Waals surface area contributed by atoms with E-state index < -0.39 is 0 Å². The van der Waals surface area contributed by atoms with Crippen molar-refractivity contribution in [2.24, 2.45) is 0 Å². The first-order valence-corrected chi connectivity index (χ1v) is 10.1. The molecule has 0 aliphatic carbocycles. The molecular formula is C23H26N2OS. The first-order chi connectivity index (χ1) is 12.9. The fraction of sp³-hybridized carbons (Fsp3) is 0.304. The van der Waals surface area contributed by atoms with Gasteiger partial charge < -0.3 is 5.32 Å². The Labute approximate surface area is 165 Å². The van der Waals surface area contributed by atoms with Crippen molar-refractivity contribution < 1.29 is 4.79 Å². The number of amides is 1. The SMILES string of the molecule is CCC(C)(C)NC(=O)Cc1nc(-c2ccccc2)sc1-c1ccc(C)cc1. The molecule has 0 atom stereocenters. The number of carbonyl (C=O) groups excluding carboxylic acids is 1. The number of aryl methyl sites for hydroxylation is 1. The van der Waals surface area contributed by atoms with Crippen molar-refractivity contribution in [3.63, 3.8) is 0 Å². The summed E-state index contributed by atoms with van der Waals surface area (Å²) in [6.45, 7) is 8.24. The molecule has 0 radical (unpaired) electrons. The number of thiazole rings is 1. The zero-order valence-electron chi connectivity index (χ0n) is 16.4. The summed E-state index contributed by atoms with van der Waals surface area (Å²) in [5, 5.41) is 4.06. The van der Waals surface area contributed by atoms with Gasteiger partial charge >= 0.3 is 0 Å². The van der Waals surface area contributed by atoms with Crippen molar-refractivity contribution in [2.75, 3.05) is 0 Å². The maximum absolute atomic E-state index is 12.6. The second-order valence-electron chi connectivity index (χ2n) is 7.49. The lowest BCUT2D eigenvalue weighted by Gasteiger charge is -2.24. The zero-order chi connectivity index (χ0) is 19.4. The molecular weight excluding hydrogens is 352 g/mol. The minimum atomic E-state index is -0.209. The summed E-state index contributed by atoms with van der Waals surface area (Å²) in [5.74, 6) is 0.0140. The summed E-state index contributed by atoms with van der Waals surface area (Å²) in [7, 11) is 0. The molecule has 1 heterocycles. The van der Waals surface area contributed by atoms with Crippen LogP contribution >= 0.6 is 11.3 Å². The van der Waals surface area contributed by atoms with Crippen molar-refractivity contribution in [1.29, 1.82) is 0 Å². The monoisotopic (exact) mass is 378 g/mol. The van der Waals surface area contributed by atoms with E-state index >= 15 is 0 Å². The van der Waals surface area contributed by atoms with Gasteiger partial charge in [0.2, 0.25) is 5.91 Å². The van der Waals surface area contributed by atoms with Crippen LogP contribution in [0.3, 0.4) is 0 Å². The molecule has 1 N–H and O–H groups in total. The third kappa shape index (κ3) is 4.83. The van der Waals surface area contributed by atoms with Gasteiger partial charge in [-0.15, -0.1) is 11.3 Å². The third-order valence-corrected chi connectivity index (χ3v) is 5.92. The Balaban J connectivity index is 1.96. The van der Waals surface area contributed by atoms with Gasteiger partial charge in [-0.25, -0.2) is 4.98 Å². The Bertz CT molecular complexity index is 911. The standard InChI is InChI=1S/C23H26N2OS/c1-5-23(3,4)25-20(26)15-19-21(17-13-11-16(2)12-14-17)27-22(24-19)18-9-7-6-8-10-18/h6-14H,5,15H2,1-4H3,(H,25,26). The number of hydrogen-bond donors (Lipinski definition) is 1. The summed E-state index contributed by atoms with van der Waals surface area (Å²) in [4.78, 5) is 18.5. The molecule has 0 aliphatic rings. The first-order valence-electron chi connectivity index (χ1n) is 9.31. The first kappa shape index (κ1) is 19.3. The van der Waals surface area contributed by atoms with E-state index in [1.807, 2.05) is 32.0 Å². The minimum absolute atomic E-state index is 0.0140. The van der Waals surface area contributed by atoms with Crippen LogP contribution in [0.25, 0.3) is 21.0 Å². The number of nitrogens with one attached hydrogen (secondary N) is 1. The van der Waals surface area contributed by atoms with Crippen molar-refractivity contribution in [3.05, 3.63) is 65.9 Å². The van der Waals surface area contributed by atoms with Crippen molar-refractivity contribution in [2.45, 2.75) is 46.1 Å². The van der Waals surface area contributed by atoms with E-state index in [1.54, 1.807) is 11.3 Å².